The summed E-state index contributed by atoms with van der Waals surface area (Å²) in [6.07, 6.45) is 0.379. The summed E-state index contributed by atoms with van der Waals surface area (Å²) in [7, 11) is 0. The molecule has 22 heavy (non-hydrogen) atoms. The van der Waals surface area contributed by atoms with Crippen LogP contribution in [-0.4, -0.2) is 12.5 Å². The molecular formula is C17H18Cl2N2O. The Balaban J connectivity index is 1.85. The van der Waals surface area contributed by atoms with Gasteiger partial charge in [0, 0.05) is 34.4 Å². The molecule has 0 aliphatic heterocycles. The minimum Gasteiger partial charge on any atom is -0.384 e. The molecule has 2 aromatic carbocycles. The van der Waals surface area contributed by atoms with Crippen LogP contribution in [-0.2, 0) is 4.79 Å². The number of rotatable bonds is 5. The smallest absolute Gasteiger partial charge is 0.226 e. The first-order chi connectivity index (χ1) is 10.5. The molecule has 2 aromatic rings. The van der Waals surface area contributed by atoms with Crippen molar-refractivity contribution in [1.29, 1.82) is 0 Å². The van der Waals surface area contributed by atoms with Crippen LogP contribution in [0.2, 0.25) is 10.0 Å². The molecule has 0 spiro atoms. The van der Waals surface area contributed by atoms with Crippen molar-refractivity contribution in [3.05, 3.63) is 57.6 Å². The van der Waals surface area contributed by atoms with E-state index in [0.717, 1.165) is 22.5 Å². The van der Waals surface area contributed by atoms with Crippen molar-refractivity contribution in [2.24, 2.45) is 0 Å². The van der Waals surface area contributed by atoms with E-state index in [4.69, 9.17) is 23.2 Å². The lowest BCUT2D eigenvalue weighted by atomic mass is 10.2. The fraction of sp³-hybridized carbons (Fsp3) is 0.235. The minimum atomic E-state index is -0.0375. The molecule has 0 unspecified atom stereocenters. The first kappa shape index (κ1) is 16.7. The second-order valence-corrected chi connectivity index (χ2v) is 6.02. The number of aryl methyl sites for hydroxylation is 2. The summed E-state index contributed by atoms with van der Waals surface area (Å²) in [5, 5.41) is 7.50. The number of carbonyl (C=O) groups is 1. The SMILES string of the molecule is Cc1cc(Cl)ccc1NCCC(=O)Nc1ccc(Cl)cc1C. The molecule has 2 rings (SSSR count). The summed E-state index contributed by atoms with van der Waals surface area (Å²) in [4.78, 5) is 12.0. The summed E-state index contributed by atoms with van der Waals surface area (Å²) in [5.74, 6) is -0.0375. The fourth-order valence-corrected chi connectivity index (χ4v) is 2.57. The van der Waals surface area contributed by atoms with Gasteiger partial charge in [0.25, 0.3) is 0 Å². The monoisotopic (exact) mass is 336 g/mol. The first-order valence-electron chi connectivity index (χ1n) is 7.02. The van der Waals surface area contributed by atoms with Crippen molar-refractivity contribution in [3.63, 3.8) is 0 Å². The summed E-state index contributed by atoms with van der Waals surface area (Å²) in [6.45, 7) is 4.45. The van der Waals surface area contributed by atoms with Crippen molar-refractivity contribution < 1.29 is 4.79 Å². The highest BCUT2D eigenvalue weighted by Gasteiger charge is 2.06. The van der Waals surface area contributed by atoms with Gasteiger partial charge in [-0.3, -0.25) is 4.79 Å². The zero-order valence-corrected chi connectivity index (χ0v) is 14.1. The Morgan fingerprint density at radius 3 is 2.05 bits per heavy atom. The molecule has 3 nitrogen and oxygen atoms in total. The number of carbonyl (C=O) groups excluding carboxylic acids is 1. The lowest BCUT2D eigenvalue weighted by Gasteiger charge is -2.11. The van der Waals surface area contributed by atoms with Gasteiger partial charge in [-0.05, 0) is 61.4 Å². The van der Waals surface area contributed by atoms with Crippen LogP contribution in [0.3, 0.4) is 0 Å². The van der Waals surface area contributed by atoms with Crippen LogP contribution in [0, 0.1) is 13.8 Å². The molecule has 0 saturated carbocycles. The Kier molecular flexibility index (Phi) is 5.69. The van der Waals surface area contributed by atoms with Crippen LogP contribution in [0.5, 0.6) is 0 Å². The highest BCUT2D eigenvalue weighted by molar-refractivity contribution is 6.31. The maximum atomic E-state index is 12.0. The number of anilines is 2. The Bertz CT molecular complexity index is 686. The van der Waals surface area contributed by atoms with Gasteiger partial charge in [-0.1, -0.05) is 23.2 Å². The number of hydrogen-bond acceptors (Lipinski definition) is 2. The van der Waals surface area contributed by atoms with E-state index >= 15 is 0 Å². The van der Waals surface area contributed by atoms with E-state index in [9.17, 15) is 4.79 Å². The molecule has 0 heterocycles. The van der Waals surface area contributed by atoms with Gasteiger partial charge in [0.05, 0.1) is 0 Å². The van der Waals surface area contributed by atoms with Crippen LogP contribution in [0.1, 0.15) is 17.5 Å². The van der Waals surface area contributed by atoms with Crippen LogP contribution >= 0.6 is 23.2 Å². The largest absolute Gasteiger partial charge is 0.384 e. The Hall–Kier alpha value is -1.71. The Labute approximate surface area is 140 Å². The van der Waals surface area contributed by atoms with Gasteiger partial charge in [0.2, 0.25) is 5.91 Å². The molecule has 0 fully saturated rings. The van der Waals surface area contributed by atoms with Crippen LogP contribution in [0.4, 0.5) is 11.4 Å². The predicted octanol–water partition coefficient (Wildman–Crippen LogP) is 5.05. The molecule has 2 N–H and O–H groups in total. The first-order valence-corrected chi connectivity index (χ1v) is 7.77. The van der Waals surface area contributed by atoms with Crippen LogP contribution in [0.15, 0.2) is 36.4 Å². The lowest BCUT2D eigenvalue weighted by Crippen LogP contribution is -2.17. The lowest BCUT2D eigenvalue weighted by molar-refractivity contribution is -0.115. The predicted molar refractivity (Wildman–Crippen MR) is 94.1 cm³/mol. The number of hydrogen-bond donors (Lipinski definition) is 2. The minimum absolute atomic E-state index is 0.0375. The Morgan fingerprint density at radius 2 is 1.50 bits per heavy atom. The van der Waals surface area contributed by atoms with E-state index in [1.54, 1.807) is 6.07 Å². The molecule has 5 heteroatoms. The molecule has 0 saturated heterocycles. The Morgan fingerprint density at radius 1 is 0.955 bits per heavy atom. The molecule has 0 bridgehead atoms. The summed E-state index contributed by atoms with van der Waals surface area (Å²) in [5.41, 5.74) is 3.78. The second kappa shape index (κ2) is 7.52. The third-order valence-electron chi connectivity index (χ3n) is 3.32. The van der Waals surface area contributed by atoms with E-state index in [1.807, 2.05) is 44.2 Å². The van der Waals surface area contributed by atoms with Gasteiger partial charge in [-0.25, -0.2) is 0 Å². The molecule has 116 valence electrons. The summed E-state index contributed by atoms with van der Waals surface area (Å²) < 4.78 is 0. The van der Waals surface area contributed by atoms with E-state index in [0.29, 0.717) is 23.0 Å². The van der Waals surface area contributed by atoms with Gasteiger partial charge < -0.3 is 10.6 Å². The fourth-order valence-electron chi connectivity index (χ4n) is 2.12. The highest BCUT2D eigenvalue weighted by atomic mass is 35.5. The molecule has 1 amide bonds. The van der Waals surface area contributed by atoms with Gasteiger partial charge >= 0.3 is 0 Å². The number of halogens is 2. The van der Waals surface area contributed by atoms with Gasteiger partial charge in [0.15, 0.2) is 0 Å². The van der Waals surface area contributed by atoms with Crippen molar-refractivity contribution in [1.82, 2.24) is 0 Å². The summed E-state index contributed by atoms with van der Waals surface area (Å²) >= 11 is 11.8. The number of amides is 1. The van der Waals surface area contributed by atoms with Crippen molar-refractivity contribution in [2.45, 2.75) is 20.3 Å². The van der Waals surface area contributed by atoms with E-state index in [2.05, 4.69) is 10.6 Å². The topological polar surface area (TPSA) is 41.1 Å². The average molecular weight is 337 g/mol. The number of benzene rings is 2. The maximum absolute atomic E-state index is 12.0. The van der Waals surface area contributed by atoms with Gasteiger partial charge in [0.1, 0.15) is 0 Å². The quantitative estimate of drug-likeness (QED) is 0.801. The van der Waals surface area contributed by atoms with Crippen molar-refractivity contribution in [2.75, 3.05) is 17.2 Å². The second-order valence-electron chi connectivity index (χ2n) is 5.14. The van der Waals surface area contributed by atoms with Crippen LogP contribution in [0.25, 0.3) is 0 Å². The third-order valence-corrected chi connectivity index (χ3v) is 3.79. The zero-order valence-electron chi connectivity index (χ0n) is 12.5. The molecular weight excluding hydrogens is 319 g/mol. The zero-order chi connectivity index (χ0) is 16.1. The maximum Gasteiger partial charge on any atom is 0.226 e. The van der Waals surface area contributed by atoms with Gasteiger partial charge in [-0.15, -0.1) is 0 Å². The van der Waals surface area contributed by atoms with Crippen molar-refractivity contribution in [3.8, 4) is 0 Å². The van der Waals surface area contributed by atoms with E-state index in [-0.39, 0.29) is 5.91 Å². The molecule has 0 aliphatic carbocycles. The standard InChI is InChI=1S/C17H18Cl2N2O/c1-11-9-13(18)3-5-15(11)20-8-7-17(22)21-16-6-4-14(19)10-12(16)2/h3-6,9-10,20H,7-8H2,1-2H3,(H,21,22). The third kappa shape index (κ3) is 4.65. The average Bonchev–Trinajstić information content (AvgIpc) is 2.44. The number of nitrogens with one attached hydrogen (secondary N) is 2. The van der Waals surface area contributed by atoms with E-state index in [1.165, 1.54) is 0 Å². The highest BCUT2D eigenvalue weighted by Crippen LogP contribution is 2.21. The van der Waals surface area contributed by atoms with E-state index < -0.39 is 0 Å². The van der Waals surface area contributed by atoms with Crippen LogP contribution < -0.4 is 10.6 Å². The molecule has 0 atom stereocenters. The van der Waals surface area contributed by atoms with Gasteiger partial charge in [-0.2, -0.15) is 0 Å². The molecule has 0 aliphatic rings. The summed E-state index contributed by atoms with van der Waals surface area (Å²) in [6, 6.07) is 11.0. The molecule has 0 aromatic heterocycles. The van der Waals surface area contributed by atoms with Crippen molar-refractivity contribution >= 4 is 40.5 Å². The molecule has 0 radical (unpaired) electrons. The normalized spacial score (nSPS) is 10.4.